The highest BCUT2D eigenvalue weighted by molar-refractivity contribution is 7.99. The highest BCUT2D eigenvalue weighted by Crippen LogP contribution is 2.10. The van der Waals surface area contributed by atoms with E-state index in [1.54, 1.807) is 0 Å². The standard InChI is InChI=1S/C11H21NO3S/c1-8(2)12(9(3)4)10(13)7-16-6-5-11(14)15/h8-9H,5-7H2,1-4H3,(H,14,15). The van der Waals surface area contributed by atoms with Crippen LogP contribution in [0.4, 0.5) is 0 Å². The first-order chi connectivity index (χ1) is 7.36. The van der Waals surface area contributed by atoms with Crippen molar-refractivity contribution in [2.45, 2.75) is 46.2 Å². The highest BCUT2D eigenvalue weighted by atomic mass is 32.2. The maximum absolute atomic E-state index is 11.8. The largest absolute Gasteiger partial charge is 0.481 e. The van der Waals surface area contributed by atoms with Crippen LogP contribution in [0.5, 0.6) is 0 Å². The van der Waals surface area contributed by atoms with Gasteiger partial charge in [0.2, 0.25) is 5.91 Å². The Kier molecular flexibility index (Phi) is 7.21. The van der Waals surface area contributed by atoms with Crippen molar-refractivity contribution in [2.24, 2.45) is 0 Å². The second kappa shape index (κ2) is 7.54. The van der Waals surface area contributed by atoms with Gasteiger partial charge in [0, 0.05) is 17.8 Å². The van der Waals surface area contributed by atoms with E-state index >= 15 is 0 Å². The lowest BCUT2D eigenvalue weighted by Gasteiger charge is -2.30. The van der Waals surface area contributed by atoms with Crippen LogP contribution in [0.1, 0.15) is 34.1 Å². The number of nitrogens with zero attached hydrogens (tertiary/aromatic N) is 1. The third-order valence-electron chi connectivity index (χ3n) is 2.09. The molecular weight excluding hydrogens is 226 g/mol. The second-order valence-corrected chi connectivity index (χ2v) is 5.29. The van der Waals surface area contributed by atoms with E-state index in [2.05, 4.69) is 0 Å². The number of carbonyl (C=O) groups is 2. The third-order valence-corrected chi connectivity index (χ3v) is 3.03. The highest BCUT2D eigenvalue weighted by Gasteiger charge is 2.19. The Morgan fingerprint density at radius 1 is 1.19 bits per heavy atom. The zero-order valence-electron chi connectivity index (χ0n) is 10.4. The molecule has 1 amide bonds. The molecule has 0 fully saturated rings. The van der Waals surface area contributed by atoms with Gasteiger partial charge in [-0.05, 0) is 27.7 Å². The molecule has 0 saturated carbocycles. The average Bonchev–Trinajstić information content (AvgIpc) is 2.10. The summed E-state index contributed by atoms with van der Waals surface area (Å²) in [4.78, 5) is 23.9. The molecule has 0 aromatic rings. The Morgan fingerprint density at radius 3 is 2.06 bits per heavy atom. The minimum absolute atomic E-state index is 0.0837. The fourth-order valence-electron chi connectivity index (χ4n) is 1.57. The zero-order valence-corrected chi connectivity index (χ0v) is 11.2. The van der Waals surface area contributed by atoms with Gasteiger partial charge in [0.15, 0.2) is 0 Å². The molecule has 94 valence electrons. The molecule has 0 rings (SSSR count). The van der Waals surface area contributed by atoms with Crippen molar-refractivity contribution in [3.05, 3.63) is 0 Å². The number of carboxylic acids is 1. The maximum Gasteiger partial charge on any atom is 0.304 e. The molecule has 0 heterocycles. The fraction of sp³-hybridized carbons (Fsp3) is 0.818. The Hall–Kier alpha value is -0.710. The van der Waals surface area contributed by atoms with Crippen molar-refractivity contribution in [3.8, 4) is 0 Å². The SMILES string of the molecule is CC(C)N(C(=O)CSCCC(=O)O)C(C)C. The molecule has 4 nitrogen and oxygen atoms in total. The van der Waals surface area contributed by atoms with Gasteiger partial charge in [0.25, 0.3) is 0 Å². The molecular formula is C11H21NO3S. The van der Waals surface area contributed by atoms with Crippen molar-refractivity contribution < 1.29 is 14.7 Å². The molecule has 0 aromatic heterocycles. The van der Waals surface area contributed by atoms with Gasteiger partial charge in [0.1, 0.15) is 0 Å². The maximum atomic E-state index is 11.8. The summed E-state index contributed by atoms with van der Waals surface area (Å²) < 4.78 is 0. The Labute approximate surface area is 101 Å². The van der Waals surface area contributed by atoms with Crippen LogP contribution in [-0.4, -0.2) is 45.5 Å². The van der Waals surface area contributed by atoms with Gasteiger partial charge in [-0.2, -0.15) is 11.8 Å². The molecule has 0 unspecified atom stereocenters. The van der Waals surface area contributed by atoms with Crippen LogP contribution in [0.15, 0.2) is 0 Å². The molecule has 0 aliphatic carbocycles. The van der Waals surface area contributed by atoms with Crippen LogP contribution in [0, 0.1) is 0 Å². The summed E-state index contributed by atoms with van der Waals surface area (Å²) in [6.45, 7) is 7.94. The van der Waals surface area contributed by atoms with Crippen LogP contribution < -0.4 is 0 Å². The molecule has 0 aromatic carbocycles. The molecule has 0 bridgehead atoms. The Bertz CT molecular complexity index is 233. The van der Waals surface area contributed by atoms with Crippen molar-refractivity contribution in [1.82, 2.24) is 4.90 Å². The van der Waals surface area contributed by atoms with Crippen molar-refractivity contribution in [1.29, 1.82) is 0 Å². The number of aliphatic carboxylic acids is 1. The summed E-state index contributed by atoms with van der Waals surface area (Å²) in [7, 11) is 0. The van der Waals surface area contributed by atoms with E-state index in [-0.39, 0.29) is 24.4 Å². The number of hydrogen-bond donors (Lipinski definition) is 1. The van der Waals surface area contributed by atoms with Crippen LogP contribution >= 0.6 is 11.8 Å². The average molecular weight is 247 g/mol. The molecule has 0 aliphatic heterocycles. The van der Waals surface area contributed by atoms with Gasteiger partial charge in [-0.3, -0.25) is 9.59 Å². The molecule has 0 atom stereocenters. The predicted octanol–water partition coefficient (Wildman–Crippen LogP) is 1.84. The van der Waals surface area contributed by atoms with Gasteiger partial charge < -0.3 is 10.0 Å². The number of thioether (sulfide) groups is 1. The minimum atomic E-state index is -0.815. The van der Waals surface area contributed by atoms with E-state index < -0.39 is 5.97 Å². The van der Waals surface area contributed by atoms with Gasteiger partial charge >= 0.3 is 5.97 Å². The molecule has 0 radical (unpaired) electrons. The normalized spacial score (nSPS) is 10.9. The zero-order chi connectivity index (χ0) is 12.7. The third kappa shape index (κ3) is 6.00. The van der Waals surface area contributed by atoms with E-state index in [4.69, 9.17) is 5.11 Å². The molecule has 16 heavy (non-hydrogen) atoms. The van der Waals surface area contributed by atoms with Crippen molar-refractivity contribution >= 4 is 23.6 Å². The summed E-state index contributed by atoms with van der Waals surface area (Å²) in [6.07, 6.45) is 0.112. The number of amides is 1. The van der Waals surface area contributed by atoms with Crippen LogP contribution in [0.2, 0.25) is 0 Å². The van der Waals surface area contributed by atoms with E-state index in [0.29, 0.717) is 11.5 Å². The van der Waals surface area contributed by atoms with Crippen LogP contribution in [0.25, 0.3) is 0 Å². The number of carbonyl (C=O) groups excluding carboxylic acids is 1. The monoisotopic (exact) mass is 247 g/mol. The smallest absolute Gasteiger partial charge is 0.304 e. The van der Waals surface area contributed by atoms with E-state index in [1.165, 1.54) is 11.8 Å². The lowest BCUT2D eigenvalue weighted by atomic mass is 10.2. The summed E-state index contributed by atoms with van der Waals surface area (Å²) in [5.74, 6) is 0.124. The molecule has 0 spiro atoms. The first kappa shape index (κ1) is 15.3. The number of hydrogen-bond acceptors (Lipinski definition) is 3. The molecule has 1 N–H and O–H groups in total. The summed E-state index contributed by atoms with van der Waals surface area (Å²) >= 11 is 1.38. The van der Waals surface area contributed by atoms with Gasteiger partial charge in [-0.15, -0.1) is 0 Å². The van der Waals surface area contributed by atoms with Gasteiger partial charge in [-0.1, -0.05) is 0 Å². The summed E-state index contributed by atoms with van der Waals surface area (Å²) in [5.41, 5.74) is 0. The fourth-order valence-corrected chi connectivity index (χ4v) is 2.35. The Balaban J connectivity index is 3.98. The summed E-state index contributed by atoms with van der Waals surface area (Å²) in [6, 6.07) is 0.375. The van der Waals surface area contributed by atoms with E-state index in [1.807, 2.05) is 32.6 Å². The lowest BCUT2D eigenvalue weighted by Crippen LogP contribution is -2.43. The Morgan fingerprint density at radius 2 is 1.69 bits per heavy atom. The predicted molar refractivity (Wildman–Crippen MR) is 66.7 cm³/mol. The van der Waals surface area contributed by atoms with Crippen molar-refractivity contribution in [3.63, 3.8) is 0 Å². The van der Waals surface area contributed by atoms with Gasteiger partial charge in [-0.25, -0.2) is 0 Å². The molecule has 5 heteroatoms. The summed E-state index contributed by atoms with van der Waals surface area (Å²) in [5, 5.41) is 8.46. The second-order valence-electron chi connectivity index (χ2n) is 4.18. The van der Waals surface area contributed by atoms with Crippen LogP contribution in [-0.2, 0) is 9.59 Å². The van der Waals surface area contributed by atoms with E-state index in [0.717, 1.165) is 0 Å². The van der Waals surface area contributed by atoms with Crippen molar-refractivity contribution in [2.75, 3.05) is 11.5 Å². The topological polar surface area (TPSA) is 57.6 Å². The first-order valence-electron chi connectivity index (χ1n) is 5.47. The van der Waals surface area contributed by atoms with Crippen LogP contribution in [0.3, 0.4) is 0 Å². The minimum Gasteiger partial charge on any atom is -0.481 e. The first-order valence-corrected chi connectivity index (χ1v) is 6.62. The molecule has 0 aliphatic rings. The quantitative estimate of drug-likeness (QED) is 0.697. The van der Waals surface area contributed by atoms with Gasteiger partial charge in [0.05, 0.1) is 12.2 Å². The number of rotatable bonds is 7. The van der Waals surface area contributed by atoms with E-state index in [9.17, 15) is 9.59 Å². The lowest BCUT2D eigenvalue weighted by molar-refractivity contribution is -0.136. The number of carboxylic acid groups (broad SMARTS) is 1. The molecule has 0 saturated heterocycles.